The van der Waals surface area contributed by atoms with E-state index in [0.717, 1.165) is 35.9 Å². The summed E-state index contributed by atoms with van der Waals surface area (Å²) in [5.74, 6) is -2.56. The lowest BCUT2D eigenvalue weighted by Gasteiger charge is -2.56. The Kier molecular flexibility index (Phi) is 4.83. The van der Waals surface area contributed by atoms with Crippen LogP contribution in [0.1, 0.15) is 38.5 Å². The van der Waals surface area contributed by atoms with Crippen LogP contribution in [0.5, 0.6) is 5.88 Å². The van der Waals surface area contributed by atoms with Gasteiger partial charge in [0.25, 0.3) is 17.7 Å². The van der Waals surface area contributed by atoms with E-state index in [2.05, 4.69) is 15.3 Å². The van der Waals surface area contributed by atoms with E-state index in [1.54, 1.807) is 6.26 Å². The SMILES string of the molecule is CSc1nc(OCC(=O)NC23CC4CC(CC(C4)C2)C3)c(F)c(N2CC(F)(F)C2)n1. The normalized spacial score (nSPS) is 33.3. The summed E-state index contributed by atoms with van der Waals surface area (Å²) >= 11 is 1.15. The van der Waals surface area contributed by atoms with Gasteiger partial charge < -0.3 is 15.0 Å². The zero-order valence-corrected chi connectivity index (χ0v) is 17.6. The molecule has 1 aromatic heterocycles. The maximum Gasteiger partial charge on any atom is 0.282 e. The lowest BCUT2D eigenvalue weighted by Crippen LogP contribution is -2.60. The highest BCUT2D eigenvalue weighted by atomic mass is 32.2. The van der Waals surface area contributed by atoms with E-state index in [9.17, 15) is 18.0 Å². The number of rotatable bonds is 6. The topological polar surface area (TPSA) is 67.3 Å². The van der Waals surface area contributed by atoms with Gasteiger partial charge in [0.15, 0.2) is 17.6 Å². The number of hydrogen-bond donors (Lipinski definition) is 1. The van der Waals surface area contributed by atoms with Gasteiger partial charge in [-0.05, 0) is 62.5 Å². The molecule has 5 fully saturated rings. The van der Waals surface area contributed by atoms with Crippen LogP contribution in [-0.4, -0.2) is 53.3 Å². The molecule has 10 heteroatoms. The average molecular weight is 443 g/mol. The third-order valence-corrected chi connectivity index (χ3v) is 7.44. The minimum absolute atomic E-state index is 0.155. The van der Waals surface area contributed by atoms with E-state index < -0.39 is 24.8 Å². The molecule has 5 aliphatic rings. The van der Waals surface area contributed by atoms with Crippen LogP contribution in [0.4, 0.5) is 19.0 Å². The number of anilines is 1. The summed E-state index contributed by atoms with van der Waals surface area (Å²) in [6.45, 7) is -1.56. The van der Waals surface area contributed by atoms with Gasteiger partial charge in [0.05, 0.1) is 13.1 Å². The Bertz CT molecular complexity index is 825. The molecular formula is C20H25F3N4O2S. The lowest BCUT2D eigenvalue weighted by molar-refractivity contribution is -0.129. The summed E-state index contributed by atoms with van der Waals surface area (Å²) in [4.78, 5) is 21.8. The van der Waals surface area contributed by atoms with Gasteiger partial charge in [0.2, 0.25) is 5.82 Å². The van der Waals surface area contributed by atoms with Crippen LogP contribution in [0.2, 0.25) is 0 Å². The monoisotopic (exact) mass is 442 g/mol. The fourth-order valence-electron chi connectivity index (χ4n) is 6.18. The number of carbonyl (C=O) groups is 1. The highest BCUT2D eigenvalue weighted by molar-refractivity contribution is 7.98. The van der Waals surface area contributed by atoms with Gasteiger partial charge in [-0.25, -0.2) is 13.8 Å². The van der Waals surface area contributed by atoms with Crippen molar-refractivity contribution >= 4 is 23.5 Å². The lowest BCUT2D eigenvalue weighted by atomic mass is 9.53. The van der Waals surface area contributed by atoms with Gasteiger partial charge in [-0.1, -0.05) is 11.8 Å². The fraction of sp³-hybridized carbons (Fsp3) is 0.750. The number of amides is 1. The smallest absolute Gasteiger partial charge is 0.282 e. The van der Waals surface area contributed by atoms with Gasteiger partial charge in [-0.2, -0.15) is 9.37 Å². The Labute approximate surface area is 177 Å². The van der Waals surface area contributed by atoms with E-state index in [1.165, 1.54) is 19.3 Å². The minimum Gasteiger partial charge on any atom is -0.465 e. The number of hydrogen-bond acceptors (Lipinski definition) is 6. The Hall–Kier alpha value is -1.71. The van der Waals surface area contributed by atoms with Crippen LogP contribution >= 0.6 is 11.8 Å². The van der Waals surface area contributed by atoms with Crippen LogP contribution in [0.3, 0.4) is 0 Å². The molecule has 0 atom stereocenters. The van der Waals surface area contributed by atoms with Crippen molar-refractivity contribution in [1.29, 1.82) is 0 Å². The maximum atomic E-state index is 14.8. The summed E-state index contributed by atoms with van der Waals surface area (Å²) < 4.78 is 46.6. The van der Waals surface area contributed by atoms with Crippen molar-refractivity contribution < 1.29 is 22.7 Å². The fourth-order valence-corrected chi connectivity index (χ4v) is 6.54. The second-order valence-electron chi connectivity index (χ2n) is 9.40. The standard InChI is InChI=1S/C20H25F3N4O2S/c1-30-18-24-16(27-9-20(22,23)10-27)15(21)17(25-18)29-8-14(28)26-19-5-11-2-12(6-19)4-13(3-11)7-19/h11-13H,2-10H2,1H3,(H,26,28). The van der Waals surface area contributed by atoms with Gasteiger partial charge in [-0.15, -0.1) is 0 Å². The molecule has 6 rings (SSSR count). The number of halogens is 3. The van der Waals surface area contributed by atoms with Crippen molar-refractivity contribution in [3.8, 4) is 5.88 Å². The summed E-state index contributed by atoms with van der Waals surface area (Å²) in [6, 6.07) is 0. The Morgan fingerprint density at radius 1 is 1.17 bits per heavy atom. The van der Waals surface area contributed by atoms with Crippen molar-refractivity contribution in [2.24, 2.45) is 17.8 Å². The maximum absolute atomic E-state index is 14.8. The van der Waals surface area contributed by atoms with Crippen molar-refractivity contribution in [2.45, 2.75) is 55.1 Å². The number of alkyl halides is 2. The molecule has 0 radical (unpaired) electrons. The molecule has 0 spiro atoms. The highest BCUT2D eigenvalue weighted by Crippen LogP contribution is 2.55. The third kappa shape index (κ3) is 3.71. The molecule has 30 heavy (non-hydrogen) atoms. The Balaban J connectivity index is 1.25. The molecule has 2 heterocycles. The Morgan fingerprint density at radius 3 is 2.30 bits per heavy atom. The van der Waals surface area contributed by atoms with Crippen LogP contribution < -0.4 is 15.0 Å². The summed E-state index contributed by atoms with van der Waals surface area (Å²) in [7, 11) is 0. The second-order valence-corrected chi connectivity index (χ2v) is 10.2. The third-order valence-electron chi connectivity index (χ3n) is 6.89. The van der Waals surface area contributed by atoms with Crippen LogP contribution in [-0.2, 0) is 4.79 Å². The first-order valence-electron chi connectivity index (χ1n) is 10.4. The first-order valence-corrected chi connectivity index (χ1v) is 11.6. The van der Waals surface area contributed by atoms with Crippen molar-refractivity contribution in [3.63, 3.8) is 0 Å². The molecule has 4 bridgehead atoms. The predicted octanol–water partition coefficient (Wildman–Crippen LogP) is 3.26. The number of nitrogens with one attached hydrogen (secondary N) is 1. The molecule has 1 N–H and O–H groups in total. The molecule has 0 unspecified atom stereocenters. The van der Waals surface area contributed by atoms with Gasteiger partial charge in [0.1, 0.15) is 0 Å². The predicted molar refractivity (Wildman–Crippen MR) is 105 cm³/mol. The number of nitrogens with zero attached hydrogens (tertiary/aromatic N) is 3. The van der Waals surface area contributed by atoms with E-state index in [1.807, 2.05) is 0 Å². The largest absolute Gasteiger partial charge is 0.465 e. The quantitative estimate of drug-likeness (QED) is 0.539. The zero-order chi connectivity index (χ0) is 21.1. The number of thioether (sulfide) groups is 1. The van der Waals surface area contributed by atoms with E-state index in [4.69, 9.17) is 4.74 Å². The van der Waals surface area contributed by atoms with Crippen LogP contribution in [0.15, 0.2) is 5.16 Å². The molecule has 1 saturated heterocycles. The molecule has 1 amide bonds. The molecule has 4 saturated carbocycles. The number of aromatic nitrogens is 2. The number of carbonyl (C=O) groups excluding carboxylic acids is 1. The first-order chi connectivity index (χ1) is 14.2. The van der Waals surface area contributed by atoms with Gasteiger partial charge >= 0.3 is 0 Å². The molecule has 1 aromatic rings. The van der Waals surface area contributed by atoms with Crippen molar-refractivity contribution in [2.75, 3.05) is 30.9 Å². The molecule has 6 nitrogen and oxygen atoms in total. The average Bonchev–Trinajstić information content (AvgIpc) is 2.63. The van der Waals surface area contributed by atoms with E-state index in [0.29, 0.717) is 17.8 Å². The molecular weight excluding hydrogens is 417 g/mol. The first kappa shape index (κ1) is 20.2. The minimum atomic E-state index is -2.85. The second kappa shape index (κ2) is 7.17. The van der Waals surface area contributed by atoms with Gasteiger partial charge in [-0.3, -0.25) is 4.79 Å². The highest BCUT2D eigenvalue weighted by Gasteiger charge is 2.51. The summed E-state index contributed by atoms with van der Waals surface area (Å²) in [5.41, 5.74) is -0.155. The number of ether oxygens (including phenoxy) is 1. The zero-order valence-electron chi connectivity index (χ0n) is 16.8. The van der Waals surface area contributed by atoms with Crippen LogP contribution in [0.25, 0.3) is 0 Å². The molecule has 4 aliphatic carbocycles. The van der Waals surface area contributed by atoms with Crippen molar-refractivity contribution in [1.82, 2.24) is 15.3 Å². The van der Waals surface area contributed by atoms with Crippen LogP contribution in [0, 0.1) is 23.6 Å². The van der Waals surface area contributed by atoms with E-state index in [-0.39, 0.29) is 34.9 Å². The van der Waals surface area contributed by atoms with Gasteiger partial charge in [0, 0.05) is 5.54 Å². The van der Waals surface area contributed by atoms with E-state index >= 15 is 0 Å². The summed E-state index contributed by atoms with van der Waals surface area (Å²) in [6.07, 6.45) is 8.55. The molecule has 164 valence electrons. The van der Waals surface area contributed by atoms with Crippen molar-refractivity contribution in [3.05, 3.63) is 5.82 Å². The Morgan fingerprint density at radius 2 is 1.77 bits per heavy atom. The summed E-state index contributed by atoms with van der Waals surface area (Å²) in [5, 5.41) is 3.38. The molecule has 1 aliphatic heterocycles. The molecule has 0 aromatic carbocycles.